The topological polar surface area (TPSA) is 99.1 Å². The van der Waals surface area contributed by atoms with Gasteiger partial charge in [-0.05, 0) is 178 Å². The van der Waals surface area contributed by atoms with Crippen molar-refractivity contribution in [3.05, 3.63) is 0 Å². The summed E-state index contributed by atoms with van der Waals surface area (Å²) in [5, 5.41) is 9.28. The number of halogens is 6. The van der Waals surface area contributed by atoms with E-state index in [-0.39, 0.29) is 103 Å². The first-order valence-corrected chi connectivity index (χ1v) is 22.0. The first kappa shape index (κ1) is 64.0. The molecule has 64 heavy (non-hydrogen) atoms. The second-order valence-electron chi connectivity index (χ2n) is 21.1. The number of esters is 3. The Morgan fingerprint density at radius 3 is 1.59 bits per heavy atom. The maximum Gasteiger partial charge on any atom is 0.426 e. The number of cyclic esters (lactones) is 1. The molecule has 13 heteroatoms. The van der Waals surface area contributed by atoms with E-state index in [0.29, 0.717) is 49.0 Å². The quantitative estimate of drug-likeness (QED) is 0.140. The van der Waals surface area contributed by atoms with Crippen LogP contribution in [0.3, 0.4) is 0 Å². The number of aliphatic hydroxyl groups is 1. The second-order valence-corrected chi connectivity index (χ2v) is 21.1. The van der Waals surface area contributed by atoms with E-state index in [1.807, 2.05) is 55.4 Å². The van der Waals surface area contributed by atoms with Gasteiger partial charge in [-0.3, -0.25) is 14.4 Å². The van der Waals surface area contributed by atoms with E-state index in [1.165, 1.54) is 32.1 Å². The molecular weight excluding hydrogens is 839 g/mol. The van der Waals surface area contributed by atoms with Gasteiger partial charge in [0.2, 0.25) is 0 Å². The highest BCUT2D eigenvalue weighted by atomic mass is 19.4. The summed E-state index contributed by atoms with van der Waals surface area (Å²) in [6.45, 7) is 20.5. The lowest BCUT2D eigenvalue weighted by atomic mass is 9.50. The van der Waals surface area contributed by atoms with Gasteiger partial charge in [-0.1, -0.05) is 72.3 Å². The van der Waals surface area contributed by atoms with Crippen molar-refractivity contribution >= 4 is 17.9 Å². The molecule has 7 aliphatic carbocycles. The summed E-state index contributed by atoms with van der Waals surface area (Å²) in [6.07, 6.45) is -1.77. The van der Waals surface area contributed by atoms with Crippen LogP contribution in [0.1, 0.15) is 191 Å². The highest BCUT2D eigenvalue weighted by Gasteiger charge is 2.71. The Balaban J connectivity index is 0. The van der Waals surface area contributed by atoms with Crippen molar-refractivity contribution in [2.24, 2.45) is 81.8 Å². The van der Waals surface area contributed by atoms with Gasteiger partial charge in [0.25, 0.3) is 5.60 Å². The van der Waals surface area contributed by atoms with Crippen LogP contribution in [0.25, 0.3) is 0 Å². The third kappa shape index (κ3) is 12.5. The van der Waals surface area contributed by atoms with Crippen LogP contribution in [0.2, 0.25) is 0 Å². The maximum absolute atomic E-state index is 12.7. The molecule has 8 aliphatic rings. The van der Waals surface area contributed by atoms with E-state index in [2.05, 4.69) is 13.8 Å². The zero-order valence-corrected chi connectivity index (χ0v) is 36.4. The fraction of sp³-hybridized carbons (Fsp3) is 0.941. The Kier molecular flexibility index (Phi) is 22.8. The lowest BCUT2D eigenvalue weighted by Crippen LogP contribution is -2.58. The van der Waals surface area contributed by atoms with Gasteiger partial charge in [-0.2, -0.15) is 26.3 Å². The molecular formula is C51H94F6O7. The number of rotatable bonds is 9. The van der Waals surface area contributed by atoms with E-state index in [0.717, 1.165) is 37.5 Å². The SMILES string of the molecule is C.C.C.C.C.C.CC1C2CC(CC(O)(C(F)(F)F)C(F)(F)F)C(C2)C1C.CCC(C)(C)C(=O)OC(C)C1CC2COC(=O)C2C1.CCC(C)(C)C(=O)OC1(C)C2CC3CC(C2)CC1C3. The summed E-state index contributed by atoms with van der Waals surface area (Å²) in [4.78, 5) is 36.1. The van der Waals surface area contributed by atoms with Gasteiger partial charge in [-0.15, -0.1) is 0 Å². The van der Waals surface area contributed by atoms with Crippen molar-refractivity contribution in [1.82, 2.24) is 0 Å². The van der Waals surface area contributed by atoms with Gasteiger partial charge in [0.1, 0.15) is 11.7 Å². The molecule has 1 saturated heterocycles. The predicted octanol–water partition coefficient (Wildman–Crippen LogP) is 14.7. The molecule has 0 amide bonds. The summed E-state index contributed by atoms with van der Waals surface area (Å²) < 4.78 is 93.0. The Morgan fingerprint density at radius 1 is 0.719 bits per heavy atom. The summed E-state index contributed by atoms with van der Waals surface area (Å²) in [5.41, 5.74) is -5.52. The molecule has 8 rings (SSSR count). The minimum absolute atomic E-state index is 0. The predicted molar refractivity (Wildman–Crippen MR) is 246 cm³/mol. The Bertz CT molecular complexity index is 1450. The molecule has 1 aliphatic heterocycles. The van der Waals surface area contributed by atoms with Gasteiger partial charge < -0.3 is 19.3 Å². The van der Waals surface area contributed by atoms with Crippen LogP contribution in [0, 0.1) is 81.8 Å². The molecule has 6 bridgehead atoms. The number of alkyl halides is 6. The minimum Gasteiger partial charge on any atom is -0.465 e. The molecule has 0 radical (unpaired) electrons. The number of hydrogen-bond donors (Lipinski definition) is 1. The monoisotopic (exact) mass is 933 g/mol. The largest absolute Gasteiger partial charge is 0.465 e. The van der Waals surface area contributed by atoms with E-state index in [4.69, 9.17) is 14.2 Å². The molecule has 9 atom stereocenters. The van der Waals surface area contributed by atoms with Crippen LogP contribution >= 0.6 is 0 Å². The number of carbonyl (C=O) groups excluding carboxylic acids is 3. The average molecular weight is 933 g/mol. The van der Waals surface area contributed by atoms with Crippen LogP contribution in [0.15, 0.2) is 0 Å². The highest BCUT2D eigenvalue weighted by Crippen LogP contribution is 2.61. The first-order valence-electron chi connectivity index (χ1n) is 22.0. The number of carbonyl (C=O) groups is 3. The molecule has 0 spiro atoms. The van der Waals surface area contributed by atoms with E-state index < -0.39 is 35.7 Å². The smallest absolute Gasteiger partial charge is 0.426 e. The van der Waals surface area contributed by atoms with Crippen molar-refractivity contribution in [3.8, 4) is 0 Å². The molecule has 0 aromatic carbocycles. The third-order valence-electron chi connectivity index (χ3n) is 16.9. The van der Waals surface area contributed by atoms with Crippen molar-refractivity contribution < 1.29 is 60.0 Å². The van der Waals surface area contributed by atoms with Gasteiger partial charge in [-0.25, -0.2) is 0 Å². The zero-order chi connectivity index (χ0) is 43.6. The van der Waals surface area contributed by atoms with Crippen LogP contribution in [0.5, 0.6) is 0 Å². The zero-order valence-electron chi connectivity index (χ0n) is 36.4. The number of fused-ring (bicyclic) bond motifs is 3. The minimum atomic E-state index is -5.69. The Hall–Kier alpha value is -2.05. The van der Waals surface area contributed by atoms with Gasteiger partial charge in [0.15, 0.2) is 0 Å². The van der Waals surface area contributed by atoms with Crippen LogP contribution in [-0.4, -0.2) is 59.3 Å². The normalized spacial score (nSPS) is 34.7. The van der Waals surface area contributed by atoms with Gasteiger partial charge in [0, 0.05) is 5.92 Å². The van der Waals surface area contributed by atoms with E-state index in [9.17, 15) is 45.8 Å². The maximum atomic E-state index is 12.7. The summed E-state index contributed by atoms with van der Waals surface area (Å²) in [6, 6.07) is 0. The molecule has 0 aromatic heterocycles. The molecule has 7 nitrogen and oxygen atoms in total. The van der Waals surface area contributed by atoms with Crippen molar-refractivity contribution in [2.75, 3.05) is 6.61 Å². The molecule has 8 fully saturated rings. The Labute approximate surface area is 386 Å². The molecule has 1 heterocycles. The number of ether oxygens (including phenoxy) is 3. The number of hydrogen-bond acceptors (Lipinski definition) is 7. The fourth-order valence-electron chi connectivity index (χ4n) is 11.8. The van der Waals surface area contributed by atoms with Crippen molar-refractivity contribution in [2.45, 2.75) is 221 Å². The second kappa shape index (κ2) is 22.8. The third-order valence-corrected chi connectivity index (χ3v) is 16.9. The van der Waals surface area contributed by atoms with Crippen LogP contribution in [0.4, 0.5) is 26.3 Å². The molecule has 9 unspecified atom stereocenters. The van der Waals surface area contributed by atoms with Crippen molar-refractivity contribution in [3.63, 3.8) is 0 Å². The standard InChI is InChI=1S/C17H28O2.C15H24O4.C13H18F6O.6CH4/c1-5-16(2,3)15(18)19-17(4)13-7-11-6-12(9-13)10-14(17)8-11;1-5-15(3,4)14(17)19-9(2)10-6-11-8-18-13(16)12(11)7-10;1-6-7(2)10-4-8(6)3-9(10)5-11(20,12(14,15)16)13(17,18)19;;;;;;/h11-14H,5-10H2,1-4H3;9-12H,5-8H2,1-4H3;6-10,20H,3-5H2,1-2H3;6*1H4. The molecule has 1 N–H and O–H groups in total. The fourth-order valence-corrected chi connectivity index (χ4v) is 11.8. The average Bonchev–Trinajstić information content (AvgIpc) is 3.89. The summed E-state index contributed by atoms with van der Waals surface area (Å²) in [7, 11) is 0. The molecule has 382 valence electrons. The van der Waals surface area contributed by atoms with Gasteiger partial charge >= 0.3 is 30.3 Å². The Morgan fingerprint density at radius 2 is 1.19 bits per heavy atom. The lowest BCUT2D eigenvalue weighted by Gasteiger charge is -2.59. The van der Waals surface area contributed by atoms with E-state index >= 15 is 0 Å². The highest BCUT2D eigenvalue weighted by molar-refractivity contribution is 5.77. The van der Waals surface area contributed by atoms with Crippen molar-refractivity contribution in [1.29, 1.82) is 0 Å². The van der Waals surface area contributed by atoms with Crippen LogP contribution in [-0.2, 0) is 28.6 Å². The summed E-state index contributed by atoms with van der Waals surface area (Å²) >= 11 is 0. The molecule has 0 aromatic rings. The molecule has 7 saturated carbocycles. The van der Waals surface area contributed by atoms with Gasteiger partial charge in [0.05, 0.1) is 23.4 Å². The first-order chi connectivity index (χ1) is 26.6. The van der Waals surface area contributed by atoms with E-state index in [1.54, 1.807) is 0 Å². The summed E-state index contributed by atoms with van der Waals surface area (Å²) in [5.74, 6) is 3.35. The lowest BCUT2D eigenvalue weighted by molar-refractivity contribution is -0.373. The van der Waals surface area contributed by atoms with Crippen LogP contribution < -0.4 is 0 Å².